The highest BCUT2D eigenvalue weighted by molar-refractivity contribution is 7.10. The largest absolute Gasteiger partial charge is 0.367 e. The maximum Gasteiger partial charge on any atom is 0.263 e. The molecule has 6 heterocycles. The smallest absolute Gasteiger partial charge is 0.263 e. The first-order valence-corrected chi connectivity index (χ1v) is 26.9. The van der Waals surface area contributed by atoms with E-state index in [9.17, 15) is 38.0 Å². The quantitative estimate of drug-likeness (QED) is 0.0947. The third-order valence-electron chi connectivity index (χ3n) is 15.5. The van der Waals surface area contributed by atoms with Gasteiger partial charge in [0.1, 0.15) is 40.1 Å². The Morgan fingerprint density at radius 1 is 0.838 bits per heavy atom. The number of nitrogens with zero attached hydrogens (tertiary/aromatic N) is 9. The third-order valence-corrected chi connectivity index (χ3v) is 16.5. The molecule has 0 radical (unpaired) electrons. The summed E-state index contributed by atoms with van der Waals surface area (Å²) >= 11 is 1.31. The Labute approximate surface area is 433 Å². The summed E-state index contributed by atoms with van der Waals surface area (Å²) in [6, 6.07) is 6.94. The molecule has 2 aliphatic heterocycles. The van der Waals surface area contributed by atoms with Gasteiger partial charge < -0.3 is 30.2 Å². The minimum absolute atomic E-state index is 0.0159. The molecule has 4 aromatic heterocycles. The lowest BCUT2D eigenvalue weighted by Crippen LogP contribution is -2.56. The van der Waals surface area contributed by atoms with E-state index in [1.807, 2.05) is 12.1 Å². The van der Waals surface area contributed by atoms with Gasteiger partial charge in [0.25, 0.3) is 5.56 Å². The number of carbonyl (C=O) groups excluding carboxylic acids is 6. The minimum atomic E-state index is -0.907. The molecule has 0 spiro atoms. The average molecular weight is 1030 g/mol. The van der Waals surface area contributed by atoms with E-state index in [2.05, 4.69) is 30.5 Å². The normalized spacial score (nSPS) is 18.3. The maximum absolute atomic E-state index is 14.5. The number of likely N-dealkylation sites (N-methyl/N-ethyl adjacent to an activating group) is 1. The summed E-state index contributed by atoms with van der Waals surface area (Å²) < 4.78 is 15.2. The van der Waals surface area contributed by atoms with Crippen molar-refractivity contribution in [3.63, 3.8) is 0 Å². The van der Waals surface area contributed by atoms with Crippen molar-refractivity contribution in [2.24, 2.45) is 5.92 Å². The first-order valence-electron chi connectivity index (χ1n) is 26.0. The molecule has 1 unspecified atom stereocenters. The number of rotatable bonds is 16. The number of hydrogen-bond acceptors (Lipinski definition) is 14. The van der Waals surface area contributed by atoms with Crippen molar-refractivity contribution in [1.29, 1.82) is 0 Å². The molecule has 0 bridgehead atoms. The number of ketones is 2. The van der Waals surface area contributed by atoms with Crippen LogP contribution in [0.4, 0.5) is 21.8 Å². The fourth-order valence-corrected chi connectivity index (χ4v) is 12.1. The number of likely N-dealkylation sites (tertiary alicyclic amines) is 1. The topological polar surface area (TPSA) is 213 Å². The predicted molar refractivity (Wildman–Crippen MR) is 278 cm³/mol. The molecule has 20 heteroatoms. The van der Waals surface area contributed by atoms with Gasteiger partial charge in [-0.25, -0.2) is 19.3 Å². The van der Waals surface area contributed by atoms with Crippen LogP contribution in [0, 0.1) is 18.7 Å². The number of Topliss-reactive ketones (excluding diaryl/α,β-unsaturated/α-hetero) is 1. The van der Waals surface area contributed by atoms with E-state index >= 15 is 0 Å². The van der Waals surface area contributed by atoms with Gasteiger partial charge in [-0.15, -0.1) is 11.3 Å². The Kier molecular flexibility index (Phi) is 15.9. The number of pyridine rings is 2. The van der Waals surface area contributed by atoms with Crippen LogP contribution in [0.1, 0.15) is 146 Å². The second-order valence-electron chi connectivity index (χ2n) is 20.2. The van der Waals surface area contributed by atoms with Crippen molar-refractivity contribution in [3.05, 3.63) is 97.7 Å². The average Bonchev–Trinajstić information content (AvgIpc) is 4.24. The second-order valence-corrected chi connectivity index (χ2v) is 21.0. The maximum atomic E-state index is 14.5. The van der Waals surface area contributed by atoms with Crippen LogP contribution in [0.5, 0.6) is 0 Å². The van der Waals surface area contributed by atoms with Crippen molar-refractivity contribution < 1.29 is 33.2 Å². The van der Waals surface area contributed by atoms with E-state index in [0.29, 0.717) is 72.1 Å². The van der Waals surface area contributed by atoms with Gasteiger partial charge in [-0.3, -0.25) is 38.1 Å². The van der Waals surface area contributed by atoms with Crippen LogP contribution in [0.25, 0.3) is 11.0 Å². The standard InChI is InChI=1S/C54H64FN11O7S/c1-32-40-30-57-54(61-49(40)66(38-13-8-9-14-38)52(72)46(32)34(3)67)59-43-21-20-39(29-56-43)63-25-27-64(28-26-63)45(69)23-22-44(68)62(4)33(2)50(71)60-47(35-11-6-5-7-12-35)53(73)65-24-10-15-42(65)51-58-41(31-74-51)48(70)36-16-18-37(55)19-17-36/h16-21,29-31,33,35,38,42,47H,5-15,22-28H2,1-4H3,(H,60,71)(H,56,57,59,61)/t33-,42-,47?/m0/s1. The van der Waals surface area contributed by atoms with E-state index < -0.39 is 23.8 Å². The van der Waals surface area contributed by atoms with Gasteiger partial charge in [0.05, 0.1) is 23.5 Å². The highest BCUT2D eigenvalue weighted by Crippen LogP contribution is 2.37. The lowest BCUT2D eigenvalue weighted by atomic mass is 9.83. The van der Waals surface area contributed by atoms with Gasteiger partial charge in [-0.1, -0.05) is 32.1 Å². The first kappa shape index (κ1) is 51.9. The number of thiazole rings is 1. The molecular formula is C54H64FN11O7S. The first-order chi connectivity index (χ1) is 35.7. The summed E-state index contributed by atoms with van der Waals surface area (Å²) in [5, 5.41) is 9.18. The predicted octanol–water partition coefficient (Wildman–Crippen LogP) is 7.09. The highest BCUT2D eigenvalue weighted by atomic mass is 32.1. The summed E-state index contributed by atoms with van der Waals surface area (Å²) in [5.74, 6) is -1.50. The molecule has 2 aliphatic carbocycles. The van der Waals surface area contributed by atoms with Gasteiger partial charge in [-0.2, -0.15) is 4.98 Å². The van der Waals surface area contributed by atoms with Gasteiger partial charge in [-0.05, 0) is 107 Å². The molecule has 5 aromatic rings. The number of halogens is 1. The number of aromatic nitrogens is 5. The Morgan fingerprint density at radius 3 is 2.24 bits per heavy atom. The number of fused-ring (bicyclic) bond motifs is 1. The van der Waals surface area contributed by atoms with Gasteiger partial charge >= 0.3 is 0 Å². The van der Waals surface area contributed by atoms with E-state index in [4.69, 9.17) is 4.98 Å². The summed E-state index contributed by atoms with van der Waals surface area (Å²) in [6.07, 6.45) is 12.9. The van der Waals surface area contributed by atoms with Crippen LogP contribution in [0.15, 0.2) is 59.0 Å². The number of aryl methyl sites for hydroxylation is 1. The zero-order valence-corrected chi connectivity index (χ0v) is 43.3. The van der Waals surface area contributed by atoms with Crippen molar-refractivity contribution in [3.8, 4) is 0 Å². The number of carbonyl (C=O) groups is 6. The molecule has 18 nitrogen and oxygen atoms in total. The Bertz CT molecular complexity index is 2980. The van der Waals surface area contributed by atoms with Gasteiger partial charge in [0.2, 0.25) is 35.4 Å². The number of nitrogens with one attached hydrogen (secondary N) is 2. The van der Waals surface area contributed by atoms with Gasteiger partial charge in [0, 0.05) is 81.2 Å². The zero-order valence-electron chi connectivity index (χ0n) is 42.5. The van der Waals surface area contributed by atoms with Crippen LogP contribution in [-0.2, 0) is 19.2 Å². The van der Waals surface area contributed by atoms with Gasteiger partial charge in [0.15, 0.2) is 5.78 Å². The second kappa shape index (κ2) is 22.7. The van der Waals surface area contributed by atoms with E-state index in [1.165, 1.54) is 47.4 Å². The molecule has 2 saturated heterocycles. The van der Waals surface area contributed by atoms with E-state index in [-0.39, 0.29) is 82.9 Å². The van der Waals surface area contributed by atoms with Crippen LogP contribution >= 0.6 is 11.3 Å². The minimum Gasteiger partial charge on any atom is -0.367 e. The highest BCUT2D eigenvalue weighted by Gasteiger charge is 2.41. The van der Waals surface area contributed by atoms with E-state index in [0.717, 1.165) is 69.9 Å². The van der Waals surface area contributed by atoms with E-state index in [1.54, 1.807) is 53.0 Å². The Hall–Kier alpha value is -6.96. The third kappa shape index (κ3) is 11.1. The molecule has 1 aromatic carbocycles. The Balaban J connectivity index is 0.761. The van der Waals surface area contributed by atoms with Crippen LogP contribution in [0.2, 0.25) is 0 Å². The van der Waals surface area contributed by atoms with Crippen LogP contribution in [-0.4, -0.2) is 126 Å². The fraction of sp³-hybridized carbons (Fsp3) is 0.500. The molecule has 9 rings (SSSR count). The summed E-state index contributed by atoms with van der Waals surface area (Å²) in [7, 11) is 1.54. The molecule has 3 atom stereocenters. The fourth-order valence-electron chi connectivity index (χ4n) is 11.1. The van der Waals surface area contributed by atoms with Crippen molar-refractivity contribution in [2.75, 3.05) is 50.0 Å². The molecule has 2 N–H and O–H groups in total. The summed E-state index contributed by atoms with van der Waals surface area (Å²) in [4.78, 5) is 120. The number of anilines is 3. The lowest BCUT2D eigenvalue weighted by Gasteiger charge is -2.36. The van der Waals surface area contributed by atoms with Crippen LogP contribution < -0.4 is 21.1 Å². The monoisotopic (exact) mass is 1030 g/mol. The van der Waals surface area contributed by atoms with Crippen molar-refractivity contribution >= 4 is 75.0 Å². The molecule has 2 saturated carbocycles. The summed E-state index contributed by atoms with van der Waals surface area (Å²) in [5.41, 5.74) is 2.36. The number of piperazine rings is 1. The molecule has 390 valence electrons. The molecule has 4 fully saturated rings. The Morgan fingerprint density at radius 2 is 1.55 bits per heavy atom. The number of hydrogen-bond donors (Lipinski definition) is 2. The van der Waals surface area contributed by atoms with Crippen LogP contribution in [0.3, 0.4) is 0 Å². The SMILES string of the molecule is CC(=O)c1c(C)c2cnc(Nc3ccc(N4CCN(C(=O)CCC(=O)N(C)[C@@H](C)C(=O)NC(C(=O)N5CCC[C@H]5c5nc(C(=O)c6ccc(F)cc6)cs5)C5CCCCC5)CC4)cn3)nc2n(C2CCCC2)c1=O. The molecular weight excluding hydrogens is 966 g/mol. The molecule has 4 aliphatic rings. The number of amides is 4. The van der Waals surface area contributed by atoms with Crippen molar-refractivity contribution in [2.45, 2.75) is 128 Å². The summed E-state index contributed by atoms with van der Waals surface area (Å²) in [6.45, 7) is 7.29. The molecule has 4 amide bonds. The number of benzene rings is 1. The zero-order chi connectivity index (χ0) is 52.2. The van der Waals surface area contributed by atoms with Crippen molar-refractivity contribution in [1.82, 2.24) is 44.5 Å². The molecule has 74 heavy (non-hydrogen) atoms. The lowest BCUT2D eigenvalue weighted by molar-refractivity contribution is -0.143.